The summed E-state index contributed by atoms with van der Waals surface area (Å²) in [5.74, 6) is -0.669. The number of piperidine rings is 1. The summed E-state index contributed by atoms with van der Waals surface area (Å²) in [5.41, 5.74) is 6.65. The molecule has 9 heteroatoms. The van der Waals surface area contributed by atoms with E-state index in [1.807, 2.05) is 18.2 Å². The maximum absolute atomic E-state index is 12.9. The highest BCUT2D eigenvalue weighted by Gasteiger charge is 2.45. The second-order valence-corrected chi connectivity index (χ2v) is 9.70. The molecule has 4 N–H and O–H groups in total. The SMILES string of the molecule is NC(=O)c1cccc(C2CC3CCC(CCN(Cc4ccc(C(F)(F)F)cc4)C(=O)CO)(C2)N3)c1. The van der Waals surface area contributed by atoms with E-state index in [9.17, 15) is 27.9 Å². The standard InChI is InChI=1S/C26H30F3N3O3/c27-26(28,29)21-6-4-17(5-7-21)15-32(23(34)16-33)11-10-25-9-8-22(31-25)13-20(14-25)18-2-1-3-19(12-18)24(30)35/h1-7,12,20,22,31,33H,8-11,13-16H2,(H2,30,35). The number of halogens is 3. The second kappa shape index (κ2) is 9.99. The van der Waals surface area contributed by atoms with E-state index in [0.717, 1.165) is 43.4 Å². The molecule has 188 valence electrons. The highest BCUT2D eigenvalue weighted by Crippen LogP contribution is 2.45. The lowest BCUT2D eigenvalue weighted by molar-refractivity contribution is -0.138. The van der Waals surface area contributed by atoms with E-state index in [1.54, 1.807) is 6.07 Å². The molecule has 2 aromatic carbocycles. The molecule has 2 amide bonds. The molecule has 2 saturated heterocycles. The normalized spacial score (nSPS) is 23.8. The predicted molar refractivity (Wildman–Crippen MR) is 124 cm³/mol. The van der Waals surface area contributed by atoms with Gasteiger partial charge in [0.2, 0.25) is 11.8 Å². The summed E-state index contributed by atoms with van der Waals surface area (Å²) in [6.45, 7) is -0.165. The summed E-state index contributed by atoms with van der Waals surface area (Å²) in [6, 6.07) is 12.5. The van der Waals surface area contributed by atoms with E-state index in [0.29, 0.717) is 30.1 Å². The fraction of sp³-hybridized carbons (Fsp3) is 0.462. The summed E-state index contributed by atoms with van der Waals surface area (Å²) in [6.07, 6.45) is -0.00866. The van der Waals surface area contributed by atoms with E-state index in [-0.39, 0.29) is 18.0 Å². The zero-order chi connectivity index (χ0) is 25.2. The Bertz CT molecular complexity index is 1070. The molecule has 3 atom stereocenters. The van der Waals surface area contributed by atoms with Crippen LogP contribution >= 0.6 is 0 Å². The molecule has 4 rings (SSSR count). The maximum atomic E-state index is 12.9. The lowest BCUT2D eigenvalue weighted by atomic mass is 9.77. The first-order valence-corrected chi connectivity index (χ1v) is 11.8. The van der Waals surface area contributed by atoms with Crippen LogP contribution < -0.4 is 11.1 Å². The summed E-state index contributed by atoms with van der Waals surface area (Å²) in [4.78, 5) is 25.6. The lowest BCUT2D eigenvalue weighted by Crippen LogP contribution is -2.51. The van der Waals surface area contributed by atoms with Crippen molar-refractivity contribution in [3.05, 3.63) is 70.8 Å². The minimum atomic E-state index is -4.42. The monoisotopic (exact) mass is 489 g/mol. The van der Waals surface area contributed by atoms with Crippen LogP contribution in [0.5, 0.6) is 0 Å². The third-order valence-corrected chi connectivity index (χ3v) is 7.33. The van der Waals surface area contributed by atoms with Gasteiger partial charge in [0.05, 0.1) is 5.56 Å². The van der Waals surface area contributed by atoms with Gasteiger partial charge in [0.25, 0.3) is 0 Å². The number of hydrogen-bond donors (Lipinski definition) is 3. The number of alkyl halides is 3. The molecule has 0 aromatic heterocycles. The number of carbonyl (C=O) groups is 2. The second-order valence-electron chi connectivity index (χ2n) is 9.70. The number of aliphatic hydroxyl groups is 1. The van der Waals surface area contributed by atoms with Gasteiger partial charge in [-0.2, -0.15) is 13.2 Å². The number of benzene rings is 2. The first-order valence-electron chi connectivity index (χ1n) is 11.8. The topological polar surface area (TPSA) is 95.7 Å². The third kappa shape index (κ3) is 5.85. The zero-order valence-electron chi connectivity index (χ0n) is 19.4. The van der Waals surface area contributed by atoms with Crippen LogP contribution in [-0.4, -0.2) is 46.6 Å². The van der Waals surface area contributed by atoms with E-state index >= 15 is 0 Å². The molecule has 2 heterocycles. The van der Waals surface area contributed by atoms with E-state index in [4.69, 9.17) is 5.73 Å². The van der Waals surface area contributed by atoms with E-state index < -0.39 is 30.2 Å². The van der Waals surface area contributed by atoms with Gasteiger partial charge in [-0.1, -0.05) is 24.3 Å². The molecule has 2 aliphatic rings. The Kier molecular flexibility index (Phi) is 7.19. The van der Waals surface area contributed by atoms with Crippen LogP contribution in [0.3, 0.4) is 0 Å². The molecule has 2 aliphatic heterocycles. The molecule has 0 spiro atoms. The molecular weight excluding hydrogens is 459 g/mol. The molecule has 2 fully saturated rings. The van der Waals surface area contributed by atoms with Crippen LogP contribution in [0.4, 0.5) is 13.2 Å². The van der Waals surface area contributed by atoms with Gasteiger partial charge in [-0.3, -0.25) is 9.59 Å². The number of aliphatic hydroxyl groups excluding tert-OH is 1. The Labute approximate surface area is 202 Å². The Balaban J connectivity index is 1.46. The summed E-state index contributed by atoms with van der Waals surface area (Å²) < 4.78 is 38.6. The van der Waals surface area contributed by atoms with Crippen molar-refractivity contribution in [2.45, 2.75) is 62.3 Å². The van der Waals surface area contributed by atoms with Crippen LogP contribution in [0.15, 0.2) is 48.5 Å². The maximum Gasteiger partial charge on any atom is 0.416 e. The zero-order valence-corrected chi connectivity index (χ0v) is 19.4. The Hall–Kier alpha value is -2.91. The van der Waals surface area contributed by atoms with Gasteiger partial charge in [-0.15, -0.1) is 0 Å². The number of hydrogen-bond acceptors (Lipinski definition) is 4. The number of nitrogens with zero attached hydrogens (tertiary/aromatic N) is 1. The number of primary amides is 1. The first kappa shape index (κ1) is 25.2. The number of carbonyl (C=O) groups excluding carboxylic acids is 2. The van der Waals surface area contributed by atoms with Gasteiger partial charge in [-0.25, -0.2) is 0 Å². The molecule has 2 bridgehead atoms. The molecule has 0 aliphatic carbocycles. The van der Waals surface area contributed by atoms with E-state index in [1.165, 1.54) is 17.0 Å². The van der Waals surface area contributed by atoms with Crippen molar-refractivity contribution in [3.63, 3.8) is 0 Å². The van der Waals surface area contributed by atoms with Gasteiger partial charge in [0.1, 0.15) is 6.61 Å². The number of fused-ring (bicyclic) bond motifs is 2. The summed E-state index contributed by atoms with van der Waals surface area (Å²) in [7, 11) is 0. The smallest absolute Gasteiger partial charge is 0.387 e. The Morgan fingerprint density at radius 1 is 1.17 bits per heavy atom. The number of nitrogens with two attached hydrogens (primary N) is 1. The molecule has 0 radical (unpaired) electrons. The largest absolute Gasteiger partial charge is 0.416 e. The highest BCUT2D eigenvalue weighted by atomic mass is 19.4. The van der Waals surface area contributed by atoms with Crippen molar-refractivity contribution in [2.24, 2.45) is 5.73 Å². The molecule has 3 unspecified atom stereocenters. The average molecular weight is 490 g/mol. The van der Waals surface area contributed by atoms with Crippen molar-refractivity contribution < 1.29 is 27.9 Å². The fourth-order valence-electron chi connectivity index (χ4n) is 5.52. The summed E-state index contributed by atoms with van der Waals surface area (Å²) in [5, 5.41) is 13.2. The third-order valence-electron chi connectivity index (χ3n) is 7.33. The highest BCUT2D eigenvalue weighted by molar-refractivity contribution is 5.92. The molecule has 35 heavy (non-hydrogen) atoms. The van der Waals surface area contributed by atoms with Crippen LogP contribution in [-0.2, 0) is 17.5 Å². The van der Waals surface area contributed by atoms with E-state index in [2.05, 4.69) is 5.32 Å². The molecule has 2 aromatic rings. The van der Waals surface area contributed by atoms with Crippen LogP contribution in [0.1, 0.15) is 65.1 Å². The number of nitrogens with one attached hydrogen (secondary N) is 1. The Morgan fingerprint density at radius 3 is 2.57 bits per heavy atom. The molecule has 0 saturated carbocycles. The first-order chi connectivity index (χ1) is 16.6. The van der Waals surface area contributed by atoms with Crippen molar-refractivity contribution in [1.82, 2.24) is 10.2 Å². The number of amides is 2. The minimum absolute atomic E-state index is 0.126. The van der Waals surface area contributed by atoms with Gasteiger partial charge >= 0.3 is 6.18 Å². The predicted octanol–water partition coefficient (Wildman–Crippen LogP) is 3.58. The Morgan fingerprint density at radius 2 is 1.91 bits per heavy atom. The minimum Gasteiger partial charge on any atom is -0.387 e. The average Bonchev–Trinajstić information content (AvgIpc) is 3.14. The van der Waals surface area contributed by atoms with Crippen molar-refractivity contribution >= 4 is 11.8 Å². The summed E-state index contributed by atoms with van der Waals surface area (Å²) >= 11 is 0. The van der Waals surface area contributed by atoms with Crippen LogP contribution in [0.25, 0.3) is 0 Å². The van der Waals surface area contributed by atoms with Gasteiger partial charge in [0.15, 0.2) is 0 Å². The van der Waals surface area contributed by atoms with Gasteiger partial charge < -0.3 is 21.1 Å². The van der Waals surface area contributed by atoms with Crippen LogP contribution in [0, 0.1) is 0 Å². The fourth-order valence-corrected chi connectivity index (χ4v) is 5.52. The lowest BCUT2D eigenvalue weighted by Gasteiger charge is -2.41. The quantitative estimate of drug-likeness (QED) is 0.528. The van der Waals surface area contributed by atoms with Crippen molar-refractivity contribution in [1.29, 1.82) is 0 Å². The molecule has 6 nitrogen and oxygen atoms in total. The molecular formula is C26H30F3N3O3. The number of rotatable bonds is 8. The van der Waals surface area contributed by atoms with Crippen molar-refractivity contribution in [2.75, 3.05) is 13.2 Å². The van der Waals surface area contributed by atoms with Gasteiger partial charge in [0, 0.05) is 30.2 Å². The van der Waals surface area contributed by atoms with Gasteiger partial charge in [-0.05, 0) is 73.4 Å². The van der Waals surface area contributed by atoms with Crippen molar-refractivity contribution in [3.8, 4) is 0 Å². The van der Waals surface area contributed by atoms with Crippen LogP contribution in [0.2, 0.25) is 0 Å².